The van der Waals surface area contributed by atoms with Crippen molar-refractivity contribution in [3.63, 3.8) is 0 Å². The highest BCUT2D eigenvalue weighted by molar-refractivity contribution is 14.1. The van der Waals surface area contributed by atoms with Crippen molar-refractivity contribution in [1.82, 2.24) is 0 Å². The maximum absolute atomic E-state index is 11.2. The Morgan fingerprint density at radius 2 is 1.71 bits per heavy atom. The van der Waals surface area contributed by atoms with Crippen molar-refractivity contribution in [2.75, 3.05) is 14.2 Å². The first-order chi connectivity index (χ1) is 6.60. The summed E-state index contributed by atoms with van der Waals surface area (Å²) in [5.74, 6) is 0.460. The van der Waals surface area contributed by atoms with E-state index >= 15 is 0 Å². The van der Waals surface area contributed by atoms with E-state index in [2.05, 4.69) is 49.9 Å². The summed E-state index contributed by atoms with van der Waals surface area (Å²) in [4.78, 5) is 11.2. The lowest BCUT2D eigenvalue weighted by atomic mass is 10.2. The van der Waals surface area contributed by atoms with Crippen LogP contribution in [0.3, 0.4) is 0 Å². The van der Waals surface area contributed by atoms with Crippen LogP contribution < -0.4 is 4.74 Å². The minimum absolute atomic E-state index is 0.330. The van der Waals surface area contributed by atoms with E-state index in [1.54, 1.807) is 19.2 Å². The monoisotopic (exact) mass is 418 g/mol. The van der Waals surface area contributed by atoms with Crippen molar-refractivity contribution in [3.05, 3.63) is 24.8 Å². The molecule has 14 heavy (non-hydrogen) atoms. The molecule has 0 aliphatic rings. The van der Waals surface area contributed by atoms with Crippen molar-refractivity contribution in [3.8, 4) is 5.75 Å². The maximum Gasteiger partial charge on any atom is 0.337 e. The number of carbonyl (C=O) groups is 1. The molecule has 0 amide bonds. The lowest BCUT2D eigenvalue weighted by molar-refractivity contribution is 0.0600. The van der Waals surface area contributed by atoms with Gasteiger partial charge in [0.15, 0.2) is 0 Å². The van der Waals surface area contributed by atoms with Gasteiger partial charge in [-0.1, -0.05) is 0 Å². The molecule has 0 fully saturated rings. The normalized spacial score (nSPS) is 9.71. The summed E-state index contributed by atoms with van der Waals surface area (Å²) in [5, 5.41) is 0. The van der Waals surface area contributed by atoms with Crippen molar-refractivity contribution in [2.45, 2.75) is 0 Å². The predicted octanol–water partition coefficient (Wildman–Crippen LogP) is 2.69. The highest BCUT2D eigenvalue weighted by Gasteiger charge is 2.12. The van der Waals surface area contributed by atoms with E-state index in [-0.39, 0.29) is 5.97 Å². The number of esters is 1. The average Bonchev–Trinajstić information content (AvgIpc) is 2.16. The molecule has 0 aliphatic heterocycles. The Morgan fingerprint density at radius 3 is 2.07 bits per heavy atom. The highest BCUT2D eigenvalue weighted by atomic mass is 127. The first-order valence-corrected chi connectivity index (χ1v) is 5.87. The van der Waals surface area contributed by atoms with Gasteiger partial charge < -0.3 is 9.47 Å². The molecule has 76 valence electrons. The van der Waals surface area contributed by atoms with Crippen LogP contribution in [0, 0.1) is 7.14 Å². The van der Waals surface area contributed by atoms with Crippen LogP contribution in [0.15, 0.2) is 12.1 Å². The molecule has 0 aliphatic carbocycles. The molecule has 1 aromatic rings. The topological polar surface area (TPSA) is 35.5 Å². The van der Waals surface area contributed by atoms with E-state index in [0.717, 1.165) is 12.9 Å². The van der Waals surface area contributed by atoms with Crippen LogP contribution in [0.2, 0.25) is 0 Å². The van der Waals surface area contributed by atoms with Gasteiger partial charge in [0.05, 0.1) is 26.9 Å². The maximum atomic E-state index is 11.2. The van der Waals surface area contributed by atoms with Gasteiger partial charge in [0.25, 0.3) is 0 Å². The molecule has 0 aromatic heterocycles. The number of halogens is 2. The van der Waals surface area contributed by atoms with Crippen molar-refractivity contribution >= 4 is 51.2 Å². The van der Waals surface area contributed by atoms with Gasteiger partial charge in [-0.25, -0.2) is 4.79 Å². The van der Waals surface area contributed by atoms with Crippen LogP contribution in [-0.4, -0.2) is 20.2 Å². The number of hydrogen-bond acceptors (Lipinski definition) is 3. The van der Waals surface area contributed by atoms with Gasteiger partial charge in [0, 0.05) is 0 Å². The van der Waals surface area contributed by atoms with Crippen LogP contribution >= 0.6 is 45.2 Å². The van der Waals surface area contributed by atoms with Crippen molar-refractivity contribution < 1.29 is 14.3 Å². The third-order valence-corrected chi connectivity index (χ3v) is 3.23. The molecule has 0 atom stereocenters. The molecule has 0 spiro atoms. The van der Waals surface area contributed by atoms with Gasteiger partial charge in [-0.15, -0.1) is 0 Å². The number of carbonyl (C=O) groups excluding carboxylic acids is 1. The predicted molar refractivity (Wildman–Crippen MR) is 69.8 cm³/mol. The minimum Gasteiger partial charge on any atom is -0.495 e. The molecule has 5 heteroatoms. The molecular formula is C9H8I2O3. The van der Waals surface area contributed by atoms with E-state index in [0.29, 0.717) is 5.56 Å². The molecule has 0 N–H and O–H groups in total. The van der Waals surface area contributed by atoms with Gasteiger partial charge in [-0.3, -0.25) is 0 Å². The third kappa shape index (κ3) is 2.50. The Balaban J connectivity index is 3.20. The van der Waals surface area contributed by atoms with Gasteiger partial charge in [0.2, 0.25) is 0 Å². The molecule has 0 bridgehead atoms. The van der Waals surface area contributed by atoms with Crippen LogP contribution in [0.4, 0.5) is 0 Å². The van der Waals surface area contributed by atoms with Crippen molar-refractivity contribution in [2.24, 2.45) is 0 Å². The zero-order valence-electron chi connectivity index (χ0n) is 7.64. The first kappa shape index (κ1) is 12.0. The minimum atomic E-state index is -0.330. The van der Waals surface area contributed by atoms with Gasteiger partial charge in [-0.2, -0.15) is 0 Å². The third-order valence-electron chi connectivity index (χ3n) is 1.62. The van der Waals surface area contributed by atoms with Gasteiger partial charge >= 0.3 is 5.97 Å². The summed E-state index contributed by atoms with van der Waals surface area (Å²) in [5.41, 5.74) is 0.544. The number of benzene rings is 1. The molecule has 0 unspecified atom stereocenters. The Morgan fingerprint density at radius 1 is 1.21 bits per heavy atom. The zero-order valence-corrected chi connectivity index (χ0v) is 12.0. The number of methoxy groups -OCH3 is 2. The van der Waals surface area contributed by atoms with Gasteiger partial charge in [-0.05, 0) is 57.3 Å². The number of hydrogen-bond donors (Lipinski definition) is 0. The second-order valence-electron chi connectivity index (χ2n) is 2.46. The lowest BCUT2D eigenvalue weighted by Gasteiger charge is -2.07. The SMILES string of the molecule is COC(=O)c1cc(I)c(OC)c(I)c1. The summed E-state index contributed by atoms with van der Waals surface area (Å²) in [6.45, 7) is 0. The fourth-order valence-electron chi connectivity index (χ4n) is 0.991. The second kappa shape index (κ2) is 5.15. The van der Waals surface area contributed by atoms with Crippen LogP contribution in [0.5, 0.6) is 5.75 Å². The van der Waals surface area contributed by atoms with E-state index in [4.69, 9.17) is 4.74 Å². The van der Waals surface area contributed by atoms with E-state index in [9.17, 15) is 4.79 Å². The van der Waals surface area contributed by atoms with E-state index in [1.165, 1.54) is 7.11 Å². The lowest BCUT2D eigenvalue weighted by Crippen LogP contribution is -2.03. The Hall–Kier alpha value is -0.0500. The standard InChI is InChI=1S/C9H8I2O3/c1-13-8-6(10)3-5(4-7(8)11)9(12)14-2/h3-4H,1-2H3. The summed E-state index contributed by atoms with van der Waals surface area (Å²) >= 11 is 4.25. The van der Waals surface area contributed by atoms with Crippen molar-refractivity contribution in [1.29, 1.82) is 0 Å². The molecule has 0 radical (unpaired) electrons. The molecule has 0 saturated carbocycles. The molecule has 0 saturated heterocycles. The Bertz CT molecular complexity index is 340. The van der Waals surface area contributed by atoms with E-state index < -0.39 is 0 Å². The summed E-state index contributed by atoms with van der Waals surface area (Å²) < 4.78 is 11.6. The summed E-state index contributed by atoms with van der Waals surface area (Å²) in [6.07, 6.45) is 0. The summed E-state index contributed by atoms with van der Waals surface area (Å²) in [6, 6.07) is 3.49. The molecule has 1 rings (SSSR count). The molecule has 0 heterocycles. The quantitative estimate of drug-likeness (QED) is 0.548. The molecule has 1 aromatic carbocycles. The first-order valence-electron chi connectivity index (χ1n) is 3.71. The smallest absolute Gasteiger partial charge is 0.337 e. The van der Waals surface area contributed by atoms with Crippen LogP contribution in [-0.2, 0) is 4.74 Å². The average molecular weight is 418 g/mol. The molecular weight excluding hydrogens is 410 g/mol. The Labute approximate surface area is 109 Å². The fourth-order valence-corrected chi connectivity index (χ4v) is 3.20. The van der Waals surface area contributed by atoms with Gasteiger partial charge in [0.1, 0.15) is 5.75 Å². The zero-order chi connectivity index (χ0) is 10.7. The number of rotatable bonds is 2. The summed E-state index contributed by atoms with van der Waals surface area (Å²) in [7, 11) is 2.98. The van der Waals surface area contributed by atoms with Crippen LogP contribution in [0.1, 0.15) is 10.4 Å². The van der Waals surface area contributed by atoms with E-state index in [1.807, 2.05) is 0 Å². The van der Waals surface area contributed by atoms with Crippen LogP contribution in [0.25, 0.3) is 0 Å². The largest absolute Gasteiger partial charge is 0.495 e. The Kier molecular flexibility index (Phi) is 4.42. The second-order valence-corrected chi connectivity index (χ2v) is 4.79. The number of ether oxygens (including phenoxy) is 2. The highest BCUT2D eigenvalue weighted by Crippen LogP contribution is 2.28. The molecule has 3 nitrogen and oxygen atoms in total. The fraction of sp³-hybridized carbons (Fsp3) is 0.222.